The maximum Gasteiger partial charge on any atom is 0.469 e. The summed E-state index contributed by atoms with van der Waals surface area (Å²) in [5.74, 6) is -0.221. The molecule has 8 heteroatoms. The van der Waals surface area contributed by atoms with Crippen molar-refractivity contribution in [1.82, 2.24) is 5.32 Å². The van der Waals surface area contributed by atoms with Crippen LogP contribution in [0.5, 0.6) is 0 Å². The minimum atomic E-state index is -4.71. The third-order valence-electron chi connectivity index (χ3n) is 11.5. The van der Waals surface area contributed by atoms with E-state index in [1.165, 1.54) is 212 Å². The van der Waals surface area contributed by atoms with Gasteiger partial charge in [-0.3, -0.25) is 9.32 Å². The topological polar surface area (TPSA) is 116 Å². The largest absolute Gasteiger partial charge is 0.469 e. The third kappa shape index (κ3) is 44.4. The van der Waals surface area contributed by atoms with E-state index in [2.05, 4.69) is 23.7 Å². The quantitative estimate of drug-likeness (QED) is 0.0276. The molecular weight excluding hydrogens is 718 g/mol. The Labute approximate surface area is 348 Å². The Bertz CT molecular complexity index is 880. The molecule has 0 heterocycles. The molecule has 7 nitrogen and oxygen atoms in total. The van der Waals surface area contributed by atoms with E-state index in [0.29, 0.717) is 6.42 Å². The first-order valence-corrected chi connectivity index (χ1v) is 26.2. The van der Waals surface area contributed by atoms with E-state index in [4.69, 9.17) is 9.79 Å². The van der Waals surface area contributed by atoms with Crippen LogP contribution in [-0.2, 0) is 13.9 Å². The van der Waals surface area contributed by atoms with Crippen molar-refractivity contribution in [3.8, 4) is 0 Å². The maximum atomic E-state index is 12.6. The number of nitrogens with one attached hydrogen (secondary N) is 1. The zero-order valence-corrected chi connectivity index (χ0v) is 38.2. The van der Waals surface area contributed by atoms with Crippen LogP contribution in [0.25, 0.3) is 0 Å². The standard InChI is InChI=1S/C48H96NO6P/c1-3-5-7-9-11-13-15-17-18-19-20-21-22-23-24-25-26-27-28-29-30-31-32-34-36-38-40-42-44-48(51)49-46(45-55-56(52,53)54)47(50)43-41-39-37-35-33-16-14-12-10-8-6-4-2/h41,43,46-47,50H,3-40,42,44-45H2,1-2H3,(H,49,51)(H2,52,53,54)/b43-41+/t46-,47+/m0/s1. The Morgan fingerprint density at radius 3 is 1.09 bits per heavy atom. The minimum absolute atomic E-state index is 0.221. The van der Waals surface area contributed by atoms with E-state index < -0.39 is 26.6 Å². The first kappa shape index (κ1) is 55.3. The molecule has 0 rings (SSSR count). The van der Waals surface area contributed by atoms with Gasteiger partial charge in [-0.15, -0.1) is 0 Å². The zero-order valence-electron chi connectivity index (χ0n) is 37.3. The van der Waals surface area contributed by atoms with Gasteiger partial charge in [0.15, 0.2) is 0 Å². The fourth-order valence-corrected chi connectivity index (χ4v) is 8.11. The molecule has 0 aliphatic heterocycles. The van der Waals surface area contributed by atoms with Crippen molar-refractivity contribution in [3.63, 3.8) is 0 Å². The summed E-state index contributed by atoms with van der Waals surface area (Å²) in [6, 6.07) is -0.905. The molecule has 0 aromatic heterocycles. The minimum Gasteiger partial charge on any atom is -0.387 e. The highest BCUT2D eigenvalue weighted by Crippen LogP contribution is 2.36. The summed E-state index contributed by atoms with van der Waals surface area (Å²) in [6.07, 6.45) is 54.1. The number of aliphatic hydroxyl groups is 1. The lowest BCUT2D eigenvalue weighted by molar-refractivity contribution is -0.123. The first-order chi connectivity index (χ1) is 27.3. The molecule has 0 bridgehead atoms. The summed E-state index contributed by atoms with van der Waals surface area (Å²) in [5.41, 5.74) is 0. The average Bonchev–Trinajstić information content (AvgIpc) is 3.17. The Morgan fingerprint density at radius 1 is 0.500 bits per heavy atom. The van der Waals surface area contributed by atoms with Crippen LogP contribution in [0.4, 0.5) is 0 Å². The Hall–Kier alpha value is -0.720. The van der Waals surface area contributed by atoms with E-state index in [1.54, 1.807) is 6.08 Å². The van der Waals surface area contributed by atoms with Crippen molar-refractivity contribution in [2.45, 2.75) is 283 Å². The summed E-state index contributed by atoms with van der Waals surface area (Å²) in [7, 11) is -4.71. The van der Waals surface area contributed by atoms with Crippen LogP contribution in [0, 0.1) is 0 Å². The Morgan fingerprint density at radius 2 is 0.786 bits per heavy atom. The van der Waals surface area contributed by atoms with Gasteiger partial charge in [0.1, 0.15) is 0 Å². The number of rotatable bonds is 46. The summed E-state index contributed by atoms with van der Waals surface area (Å²) in [4.78, 5) is 30.9. The fraction of sp³-hybridized carbons (Fsp3) is 0.938. The van der Waals surface area contributed by atoms with Crippen molar-refractivity contribution >= 4 is 13.7 Å². The van der Waals surface area contributed by atoms with Crippen LogP contribution in [0.2, 0.25) is 0 Å². The summed E-state index contributed by atoms with van der Waals surface area (Å²) >= 11 is 0. The molecule has 0 unspecified atom stereocenters. The van der Waals surface area contributed by atoms with Gasteiger partial charge in [0, 0.05) is 6.42 Å². The second-order valence-electron chi connectivity index (χ2n) is 17.1. The molecule has 0 radical (unpaired) electrons. The highest BCUT2D eigenvalue weighted by molar-refractivity contribution is 7.46. The van der Waals surface area contributed by atoms with Crippen molar-refractivity contribution in [2.24, 2.45) is 0 Å². The monoisotopic (exact) mass is 814 g/mol. The van der Waals surface area contributed by atoms with Gasteiger partial charge in [0.05, 0.1) is 18.8 Å². The molecule has 334 valence electrons. The lowest BCUT2D eigenvalue weighted by atomic mass is 10.0. The van der Waals surface area contributed by atoms with E-state index in [1.807, 2.05) is 6.08 Å². The molecule has 1 amide bonds. The number of aliphatic hydroxyl groups excluding tert-OH is 1. The summed E-state index contributed by atoms with van der Waals surface area (Å²) in [6.45, 7) is 4.09. The summed E-state index contributed by atoms with van der Waals surface area (Å²) < 4.78 is 15.9. The average molecular weight is 814 g/mol. The van der Waals surface area contributed by atoms with E-state index in [9.17, 15) is 14.5 Å². The smallest absolute Gasteiger partial charge is 0.387 e. The van der Waals surface area contributed by atoms with Crippen LogP contribution in [0.15, 0.2) is 12.2 Å². The molecule has 0 saturated carbocycles. The van der Waals surface area contributed by atoms with E-state index >= 15 is 0 Å². The number of hydrogen-bond donors (Lipinski definition) is 4. The van der Waals surface area contributed by atoms with Gasteiger partial charge in [-0.1, -0.05) is 257 Å². The number of allylic oxidation sites excluding steroid dienone is 1. The predicted molar refractivity (Wildman–Crippen MR) is 241 cm³/mol. The van der Waals surface area contributed by atoms with Crippen molar-refractivity contribution in [1.29, 1.82) is 0 Å². The molecule has 4 N–H and O–H groups in total. The van der Waals surface area contributed by atoms with Crippen molar-refractivity contribution in [2.75, 3.05) is 6.61 Å². The van der Waals surface area contributed by atoms with Gasteiger partial charge in [-0.05, 0) is 19.3 Å². The molecule has 56 heavy (non-hydrogen) atoms. The molecular formula is C48H96NO6P. The second-order valence-corrected chi connectivity index (χ2v) is 18.4. The molecule has 2 atom stereocenters. The number of hydrogen-bond acceptors (Lipinski definition) is 4. The molecule has 0 saturated heterocycles. The lowest BCUT2D eigenvalue weighted by Gasteiger charge is -2.22. The molecule has 0 spiro atoms. The molecule has 0 aromatic rings. The number of phosphoric acid groups is 1. The van der Waals surface area contributed by atoms with Gasteiger partial charge < -0.3 is 20.2 Å². The van der Waals surface area contributed by atoms with Crippen LogP contribution >= 0.6 is 7.82 Å². The van der Waals surface area contributed by atoms with Crippen LogP contribution in [0.1, 0.15) is 271 Å². The zero-order chi connectivity index (χ0) is 41.1. The van der Waals surface area contributed by atoms with Gasteiger partial charge in [-0.2, -0.15) is 0 Å². The number of amides is 1. The van der Waals surface area contributed by atoms with Crippen molar-refractivity contribution in [3.05, 3.63) is 12.2 Å². The molecule has 0 aromatic carbocycles. The van der Waals surface area contributed by atoms with Crippen LogP contribution in [-0.4, -0.2) is 39.6 Å². The number of carbonyl (C=O) groups excluding carboxylic acids is 1. The van der Waals surface area contributed by atoms with E-state index in [-0.39, 0.29) is 5.91 Å². The molecule has 0 fully saturated rings. The van der Waals surface area contributed by atoms with Crippen molar-refractivity contribution < 1.29 is 28.8 Å². The fourth-order valence-electron chi connectivity index (χ4n) is 7.76. The number of carbonyl (C=O) groups is 1. The van der Waals surface area contributed by atoms with Gasteiger partial charge >= 0.3 is 7.82 Å². The highest BCUT2D eigenvalue weighted by atomic mass is 31.2. The molecule has 0 aliphatic carbocycles. The third-order valence-corrected chi connectivity index (χ3v) is 12.0. The number of phosphoric ester groups is 1. The maximum absolute atomic E-state index is 12.6. The Balaban J connectivity index is 3.71. The van der Waals surface area contributed by atoms with Gasteiger partial charge in [0.2, 0.25) is 5.91 Å². The first-order valence-electron chi connectivity index (χ1n) is 24.6. The summed E-state index contributed by atoms with van der Waals surface area (Å²) in [5, 5.41) is 13.4. The predicted octanol–water partition coefficient (Wildman–Crippen LogP) is 15.1. The van der Waals surface area contributed by atoms with Gasteiger partial charge in [-0.25, -0.2) is 4.57 Å². The Kier molecular flexibility index (Phi) is 43.3. The van der Waals surface area contributed by atoms with Gasteiger partial charge in [0.25, 0.3) is 0 Å². The van der Waals surface area contributed by atoms with Crippen LogP contribution in [0.3, 0.4) is 0 Å². The second kappa shape index (κ2) is 43.8. The molecule has 0 aliphatic rings. The lowest BCUT2D eigenvalue weighted by Crippen LogP contribution is -2.45. The van der Waals surface area contributed by atoms with Crippen LogP contribution < -0.4 is 5.32 Å². The number of unbranched alkanes of at least 4 members (excludes halogenated alkanes) is 37. The normalized spacial score (nSPS) is 13.2. The highest BCUT2D eigenvalue weighted by Gasteiger charge is 2.24. The SMILES string of the molecule is CCCCCCCCCCCC/C=C/[C@@H](O)[C@H](COP(=O)(O)O)NC(=O)CCCCCCCCCCCCCCCCCCCCCCCCCCCCCC. The van der Waals surface area contributed by atoms with E-state index in [0.717, 1.165) is 38.5 Å².